The average Bonchev–Trinajstić information content (AvgIpc) is 2.47. The molecular weight excluding hydrogens is 318 g/mol. The van der Waals surface area contributed by atoms with E-state index in [9.17, 15) is 0 Å². The van der Waals surface area contributed by atoms with Gasteiger partial charge in [-0.3, -0.25) is 0 Å². The van der Waals surface area contributed by atoms with Crippen LogP contribution in [0.2, 0.25) is 0 Å². The maximum atomic E-state index is 5.65. The van der Waals surface area contributed by atoms with Gasteiger partial charge in [0.1, 0.15) is 11.6 Å². The van der Waals surface area contributed by atoms with Crippen molar-refractivity contribution in [3.05, 3.63) is 40.8 Å². The van der Waals surface area contributed by atoms with Crippen LogP contribution in [0.5, 0.6) is 5.75 Å². The van der Waals surface area contributed by atoms with Gasteiger partial charge in [-0.15, -0.1) is 0 Å². The van der Waals surface area contributed by atoms with E-state index < -0.39 is 0 Å². The van der Waals surface area contributed by atoms with Crippen LogP contribution >= 0.6 is 15.9 Å². The summed E-state index contributed by atoms with van der Waals surface area (Å²) in [4.78, 5) is 8.91. The van der Waals surface area contributed by atoms with E-state index in [0.29, 0.717) is 12.5 Å². The molecule has 0 saturated carbocycles. The fourth-order valence-electron chi connectivity index (χ4n) is 1.88. The molecule has 20 heavy (non-hydrogen) atoms. The summed E-state index contributed by atoms with van der Waals surface area (Å²) in [6, 6.07) is 7.81. The second-order valence-electron chi connectivity index (χ2n) is 4.75. The topological polar surface area (TPSA) is 61.0 Å². The van der Waals surface area contributed by atoms with E-state index in [-0.39, 0.29) is 0 Å². The summed E-state index contributed by atoms with van der Waals surface area (Å²) < 4.78 is 6.14. The molecule has 0 amide bonds. The van der Waals surface area contributed by atoms with E-state index in [1.807, 2.05) is 24.3 Å². The number of nitrogens with zero attached hydrogens (tertiary/aromatic N) is 2. The lowest BCUT2D eigenvalue weighted by Crippen LogP contribution is -2.14. The Morgan fingerprint density at radius 2 is 2.15 bits per heavy atom. The highest BCUT2D eigenvalue weighted by Gasteiger charge is 2.08. The molecule has 1 heterocycles. The smallest absolute Gasteiger partial charge is 0.133 e. The summed E-state index contributed by atoms with van der Waals surface area (Å²) in [6.07, 6.45) is 2.58. The number of halogens is 1. The molecule has 0 spiro atoms. The normalized spacial score (nSPS) is 12.2. The van der Waals surface area contributed by atoms with E-state index in [1.54, 1.807) is 13.3 Å². The zero-order chi connectivity index (χ0) is 14.5. The minimum Gasteiger partial charge on any atom is -0.496 e. The van der Waals surface area contributed by atoms with Crippen molar-refractivity contribution in [1.29, 1.82) is 0 Å². The maximum Gasteiger partial charge on any atom is 0.133 e. The van der Waals surface area contributed by atoms with Crippen molar-refractivity contribution in [2.45, 2.75) is 13.3 Å². The molecule has 0 aliphatic carbocycles. The molecule has 106 valence electrons. The molecule has 1 aromatic carbocycles. The Balaban J connectivity index is 2.28. The first-order chi connectivity index (χ1) is 9.63. The van der Waals surface area contributed by atoms with Crippen LogP contribution < -0.4 is 10.5 Å². The van der Waals surface area contributed by atoms with Gasteiger partial charge in [0.2, 0.25) is 0 Å². The molecule has 0 bridgehead atoms. The van der Waals surface area contributed by atoms with Crippen LogP contribution in [0.1, 0.15) is 12.7 Å². The number of nitrogens with two attached hydrogens (primary N) is 1. The maximum absolute atomic E-state index is 5.65. The third kappa shape index (κ3) is 3.55. The van der Waals surface area contributed by atoms with Crippen LogP contribution in [0.4, 0.5) is 0 Å². The number of rotatable bonds is 5. The molecule has 1 aromatic heterocycles. The Morgan fingerprint density at radius 1 is 1.35 bits per heavy atom. The summed E-state index contributed by atoms with van der Waals surface area (Å²) in [5.74, 6) is 2.01. The highest BCUT2D eigenvalue weighted by molar-refractivity contribution is 9.10. The van der Waals surface area contributed by atoms with Gasteiger partial charge in [-0.05, 0) is 52.7 Å². The zero-order valence-electron chi connectivity index (χ0n) is 11.6. The number of methoxy groups -OCH3 is 1. The van der Waals surface area contributed by atoms with Gasteiger partial charge in [-0.25, -0.2) is 9.97 Å². The molecular formula is C15H18BrN3O. The molecule has 0 radical (unpaired) electrons. The van der Waals surface area contributed by atoms with Crippen LogP contribution in [-0.2, 0) is 6.42 Å². The molecule has 0 fully saturated rings. The van der Waals surface area contributed by atoms with Gasteiger partial charge < -0.3 is 10.5 Å². The number of hydrogen-bond donors (Lipinski definition) is 1. The molecule has 2 N–H and O–H groups in total. The predicted molar refractivity (Wildman–Crippen MR) is 83.6 cm³/mol. The quantitative estimate of drug-likeness (QED) is 0.912. The second kappa shape index (κ2) is 6.81. The van der Waals surface area contributed by atoms with E-state index in [4.69, 9.17) is 10.5 Å². The molecule has 0 aliphatic rings. The Labute approximate surface area is 127 Å². The third-order valence-corrected chi connectivity index (χ3v) is 3.71. The molecule has 0 saturated heterocycles. The lowest BCUT2D eigenvalue weighted by atomic mass is 10.1. The van der Waals surface area contributed by atoms with E-state index in [0.717, 1.165) is 33.7 Å². The lowest BCUT2D eigenvalue weighted by Gasteiger charge is -2.09. The van der Waals surface area contributed by atoms with Gasteiger partial charge >= 0.3 is 0 Å². The Kier molecular flexibility index (Phi) is 5.09. The lowest BCUT2D eigenvalue weighted by molar-refractivity contribution is 0.412. The van der Waals surface area contributed by atoms with Gasteiger partial charge in [-0.1, -0.05) is 6.92 Å². The summed E-state index contributed by atoms with van der Waals surface area (Å²) in [5.41, 5.74) is 7.58. The summed E-state index contributed by atoms with van der Waals surface area (Å²) in [7, 11) is 1.65. The highest BCUT2D eigenvalue weighted by Crippen LogP contribution is 2.29. The Bertz CT molecular complexity index is 589. The van der Waals surface area contributed by atoms with Crippen LogP contribution in [0.3, 0.4) is 0 Å². The van der Waals surface area contributed by atoms with Gasteiger partial charge in [-0.2, -0.15) is 0 Å². The summed E-state index contributed by atoms with van der Waals surface area (Å²) in [5, 5.41) is 0. The van der Waals surface area contributed by atoms with Crippen molar-refractivity contribution < 1.29 is 4.74 Å². The van der Waals surface area contributed by atoms with Gasteiger partial charge in [0, 0.05) is 18.2 Å². The minimum absolute atomic E-state index is 0.382. The van der Waals surface area contributed by atoms with Crippen LogP contribution in [-0.4, -0.2) is 23.6 Å². The zero-order valence-corrected chi connectivity index (χ0v) is 13.2. The average molecular weight is 336 g/mol. The molecule has 2 rings (SSSR count). The van der Waals surface area contributed by atoms with Crippen LogP contribution in [0.25, 0.3) is 11.3 Å². The first-order valence-electron chi connectivity index (χ1n) is 6.50. The number of hydrogen-bond acceptors (Lipinski definition) is 4. The highest BCUT2D eigenvalue weighted by atomic mass is 79.9. The number of benzene rings is 1. The minimum atomic E-state index is 0.382. The second-order valence-corrected chi connectivity index (χ2v) is 5.61. The van der Waals surface area contributed by atoms with Crippen molar-refractivity contribution in [3.8, 4) is 17.0 Å². The van der Waals surface area contributed by atoms with Crippen molar-refractivity contribution in [3.63, 3.8) is 0 Å². The fourth-order valence-corrected chi connectivity index (χ4v) is 2.42. The Morgan fingerprint density at radius 3 is 2.80 bits per heavy atom. The molecule has 4 nitrogen and oxygen atoms in total. The standard InChI is InChI=1S/C15H18BrN3O/c1-10(9-17)7-15-18-6-5-13(19-15)11-3-4-14(20-2)12(16)8-11/h3-6,8,10H,7,9,17H2,1-2H3. The molecule has 5 heteroatoms. The van der Waals surface area contributed by atoms with E-state index >= 15 is 0 Å². The van der Waals surface area contributed by atoms with Gasteiger partial charge in [0.05, 0.1) is 17.3 Å². The van der Waals surface area contributed by atoms with E-state index in [1.165, 1.54) is 0 Å². The molecule has 2 aromatic rings. The predicted octanol–water partition coefficient (Wildman–Crippen LogP) is 3.05. The van der Waals surface area contributed by atoms with Crippen molar-refractivity contribution in [2.24, 2.45) is 11.7 Å². The Hall–Kier alpha value is -1.46. The first kappa shape index (κ1) is 14.9. The van der Waals surface area contributed by atoms with Crippen LogP contribution in [0, 0.1) is 5.92 Å². The summed E-state index contributed by atoms with van der Waals surface area (Å²) >= 11 is 3.49. The van der Waals surface area contributed by atoms with Crippen molar-refractivity contribution in [1.82, 2.24) is 9.97 Å². The van der Waals surface area contributed by atoms with E-state index in [2.05, 4.69) is 32.8 Å². The largest absolute Gasteiger partial charge is 0.496 e. The van der Waals surface area contributed by atoms with Crippen molar-refractivity contribution >= 4 is 15.9 Å². The van der Waals surface area contributed by atoms with Crippen molar-refractivity contribution in [2.75, 3.05) is 13.7 Å². The van der Waals surface area contributed by atoms with Crippen LogP contribution in [0.15, 0.2) is 34.9 Å². The molecule has 1 unspecified atom stereocenters. The number of ether oxygens (including phenoxy) is 1. The van der Waals surface area contributed by atoms with Gasteiger partial charge in [0.15, 0.2) is 0 Å². The first-order valence-corrected chi connectivity index (χ1v) is 7.29. The molecule has 1 atom stereocenters. The summed E-state index contributed by atoms with van der Waals surface area (Å²) in [6.45, 7) is 2.74. The van der Waals surface area contributed by atoms with Gasteiger partial charge in [0.25, 0.3) is 0 Å². The third-order valence-electron chi connectivity index (χ3n) is 3.09. The SMILES string of the molecule is COc1ccc(-c2ccnc(CC(C)CN)n2)cc1Br. The molecule has 0 aliphatic heterocycles. The monoisotopic (exact) mass is 335 g/mol. The number of aromatic nitrogens is 2. The fraction of sp³-hybridized carbons (Fsp3) is 0.333.